The third-order valence-corrected chi connectivity index (χ3v) is 5.11. The van der Waals surface area contributed by atoms with Crippen molar-refractivity contribution in [2.45, 2.75) is 44.4 Å². The van der Waals surface area contributed by atoms with Gasteiger partial charge in [-0.25, -0.2) is 8.78 Å². The lowest BCUT2D eigenvalue weighted by Gasteiger charge is -2.17. The first kappa shape index (κ1) is 16.2. The fraction of sp³-hybridized carbons (Fsp3) is 0.500. The highest BCUT2D eigenvalue weighted by molar-refractivity contribution is 5.96. The molecule has 1 aliphatic heterocycles. The summed E-state index contributed by atoms with van der Waals surface area (Å²) in [6.07, 6.45) is 5.76. The van der Waals surface area contributed by atoms with E-state index in [0.29, 0.717) is 17.6 Å². The second-order valence-electron chi connectivity index (χ2n) is 6.88. The maximum Gasteiger partial charge on any atom is 0.232 e. The summed E-state index contributed by atoms with van der Waals surface area (Å²) in [4.78, 5) is 17.8. The molecule has 1 aromatic heterocycles. The second kappa shape index (κ2) is 6.54. The van der Waals surface area contributed by atoms with Crippen LogP contribution in [-0.2, 0) is 11.2 Å². The minimum absolute atomic E-state index is 0.110. The Labute approximate surface area is 144 Å². The first-order chi connectivity index (χ1) is 12.1. The molecule has 1 aliphatic carbocycles. The van der Waals surface area contributed by atoms with Crippen LogP contribution in [0.4, 0.5) is 14.5 Å². The standard InChI is InChI=1S/C18H19F2N3O2/c19-13-6-3-7-14(20)17(13)23-10-12(9-16(23)24)18-21-15(22-25-18)8-11-4-1-2-5-11/h3,6-7,11-12H,1-2,4-5,8-10H2. The average molecular weight is 347 g/mol. The molecule has 0 N–H and O–H groups in total. The summed E-state index contributed by atoms with van der Waals surface area (Å²) < 4.78 is 33.2. The Bertz CT molecular complexity index is 766. The third-order valence-electron chi connectivity index (χ3n) is 5.11. The van der Waals surface area contributed by atoms with E-state index in [1.54, 1.807) is 0 Å². The fourth-order valence-electron chi connectivity index (χ4n) is 3.82. The van der Waals surface area contributed by atoms with Crippen LogP contribution in [0.2, 0.25) is 0 Å². The number of rotatable bonds is 4. The van der Waals surface area contributed by atoms with Gasteiger partial charge in [0.1, 0.15) is 17.3 Å². The molecule has 5 nitrogen and oxygen atoms in total. The molecule has 7 heteroatoms. The van der Waals surface area contributed by atoms with E-state index in [1.165, 1.54) is 31.7 Å². The number of nitrogens with zero attached hydrogens (tertiary/aromatic N) is 3. The number of halogens is 2. The van der Waals surface area contributed by atoms with E-state index in [1.807, 2.05) is 0 Å². The molecule has 2 aromatic rings. The summed E-state index contributed by atoms with van der Waals surface area (Å²) in [5.41, 5.74) is -0.305. The maximum atomic E-state index is 14.0. The van der Waals surface area contributed by atoms with Gasteiger partial charge < -0.3 is 9.42 Å². The van der Waals surface area contributed by atoms with Gasteiger partial charge in [0.25, 0.3) is 0 Å². The lowest BCUT2D eigenvalue weighted by atomic mass is 10.0. The Morgan fingerprint density at radius 3 is 2.64 bits per heavy atom. The zero-order valence-corrected chi connectivity index (χ0v) is 13.8. The van der Waals surface area contributed by atoms with Gasteiger partial charge in [0.05, 0.1) is 5.92 Å². The number of carbonyl (C=O) groups excluding carboxylic acids is 1. The number of anilines is 1. The minimum atomic E-state index is -0.749. The molecule has 132 valence electrons. The quantitative estimate of drug-likeness (QED) is 0.848. The SMILES string of the molecule is O=C1CC(c2nc(CC3CCCC3)no2)CN1c1c(F)cccc1F. The lowest BCUT2D eigenvalue weighted by molar-refractivity contribution is -0.117. The van der Waals surface area contributed by atoms with Gasteiger partial charge in [-0.3, -0.25) is 4.79 Å². The van der Waals surface area contributed by atoms with Crippen LogP contribution in [-0.4, -0.2) is 22.6 Å². The predicted molar refractivity (Wildman–Crippen MR) is 86.0 cm³/mol. The molecule has 1 unspecified atom stereocenters. The first-order valence-electron chi connectivity index (χ1n) is 8.68. The number of benzene rings is 1. The van der Waals surface area contributed by atoms with E-state index in [0.717, 1.165) is 23.5 Å². The summed E-state index contributed by atoms with van der Waals surface area (Å²) in [6.45, 7) is 0.141. The van der Waals surface area contributed by atoms with Crippen molar-refractivity contribution in [2.24, 2.45) is 5.92 Å². The lowest BCUT2D eigenvalue weighted by Crippen LogP contribution is -2.26. The van der Waals surface area contributed by atoms with E-state index in [4.69, 9.17) is 4.52 Å². The van der Waals surface area contributed by atoms with E-state index >= 15 is 0 Å². The van der Waals surface area contributed by atoms with Crippen LogP contribution in [0.3, 0.4) is 0 Å². The molecule has 1 aromatic carbocycles. The smallest absolute Gasteiger partial charge is 0.232 e. The molecule has 2 fully saturated rings. The molecule has 1 saturated heterocycles. The van der Waals surface area contributed by atoms with Crippen LogP contribution >= 0.6 is 0 Å². The normalized spacial score (nSPS) is 21.4. The summed E-state index contributed by atoms with van der Waals surface area (Å²) in [6, 6.07) is 3.57. The largest absolute Gasteiger partial charge is 0.339 e. The van der Waals surface area contributed by atoms with Crippen molar-refractivity contribution >= 4 is 11.6 Å². The van der Waals surface area contributed by atoms with E-state index in [-0.39, 0.29) is 30.5 Å². The van der Waals surface area contributed by atoms with Crippen LogP contribution in [0, 0.1) is 17.6 Å². The molecule has 2 aliphatic rings. The van der Waals surface area contributed by atoms with Crippen LogP contribution in [0.15, 0.2) is 22.7 Å². The minimum Gasteiger partial charge on any atom is -0.339 e. The number of hydrogen-bond donors (Lipinski definition) is 0. The van der Waals surface area contributed by atoms with Crippen LogP contribution < -0.4 is 4.90 Å². The van der Waals surface area contributed by atoms with Gasteiger partial charge in [0.2, 0.25) is 11.8 Å². The summed E-state index contributed by atoms with van der Waals surface area (Å²) >= 11 is 0. The molecule has 1 amide bonds. The number of para-hydroxylation sites is 1. The van der Waals surface area contributed by atoms with Crippen molar-refractivity contribution in [1.29, 1.82) is 0 Å². The van der Waals surface area contributed by atoms with Gasteiger partial charge >= 0.3 is 0 Å². The molecule has 2 heterocycles. The van der Waals surface area contributed by atoms with Crippen molar-refractivity contribution < 1.29 is 18.1 Å². The Morgan fingerprint density at radius 1 is 1.20 bits per heavy atom. The van der Waals surface area contributed by atoms with Crippen LogP contribution in [0.25, 0.3) is 0 Å². The monoisotopic (exact) mass is 347 g/mol. The highest BCUT2D eigenvalue weighted by Crippen LogP contribution is 2.34. The van der Waals surface area contributed by atoms with E-state index < -0.39 is 11.6 Å². The molecule has 4 rings (SSSR count). The van der Waals surface area contributed by atoms with Gasteiger partial charge in [-0.15, -0.1) is 0 Å². The second-order valence-corrected chi connectivity index (χ2v) is 6.88. The van der Waals surface area contributed by atoms with Gasteiger partial charge in [0.15, 0.2) is 5.82 Å². The van der Waals surface area contributed by atoms with Gasteiger partial charge in [-0.1, -0.05) is 36.9 Å². The Morgan fingerprint density at radius 2 is 1.92 bits per heavy atom. The van der Waals surface area contributed by atoms with Crippen molar-refractivity contribution in [3.05, 3.63) is 41.5 Å². The van der Waals surface area contributed by atoms with E-state index in [2.05, 4.69) is 10.1 Å². The highest BCUT2D eigenvalue weighted by atomic mass is 19.1. The molecule has 0 radical (unpaired) electrons. The third kappa shape index (κ3) is 3.15. The zero-order chi connectivity index (χ0) is 17.4. The van der Waals surface area contributed by atoms with Crippen molar-refractivity contribution in [3.8, 4) is 0 Å². The Balaban J connectivity index is 1.50. The van der Waals surface area contributed by atoms with Crippen molar-refractivity contribution in [3.63, 3.8) is 0 Å². The number of aromatic nitrogens is 2. The molecule has 0 spiro atoms. The molecule has 1 saturated carbocycles. The van der Waals surface area contributed by atoms with Crippen LogP contribution in [0.5, 0.6) is 0 Å². The fourth-order valence-corrected chi connectivity index (χ4v) is 3.82. The Kier molecular flexibility index (Phi) is 4.23. The summed E-state index contributed by atoms with van der Waals surface area (Å²) in [5.74, 6) is -0.547. The van der Waals surface area contributed by atoms with Crippen LogP contribution in [0.1, 0.15) is 49.7 Å². The first-order valence-corrected chi connectivity index (χ1v) is 8.68. The molecular formula is C18H19F2N3O2. The molecule has 25 heavy (non-hydrogen) atoms. The van der Waals surface area contributed by atoms with Gasteiger partial charge in [-0.05, 0) is 18.1 Å². The highest BCUT2D eigenvalue weighted by Gasteiger charge is 2.37. The zero-order valence-electron chi connectivity index (χ0n) is 13.8. The van der Waals surface area contributed by atoms with Gasteiger partial charge in [0, 0.05) is 19.4 Å². The van der Waals surface area contributed by atoms with Crippen molar-refractivity contribution in [2.75, 3.05) is 11.4 Å². The predicted octanol–water partition coefficient (Wildman–Crippen LogP) is 3.60. The number of amides is 1. The number of hydrogen-bond acceptors (Lipinski definition) is 4. The molecule has 1 atom stereocenters. The average Bonchev–Trinajstić information content (AvgIpc) is 3.30. The molecule has 0 bridgehead atoms. The summed E-state index contributed by atoms with van der Waals surface area (Å²) in [7, 11) is 0. The number of carbonyl (C=O) groups is 1. The maximum absolute atomic E-state index is 14.0. The summed E-state index contributed by atoms with van der Waals surface area (Å²) in [5, 5.41) is 4.02. The van der Waals surface area contributed by atoms with Gasteiger partial charge in [-0.2, -0.15) is 4.98 Å². The van der Waals surface area contributed by atoms with Crippen molar-refractivity contribution in [1.82, 2.24) is 10.1 Å². The molecular weight excluding hydrogens is 328 g/mol. The Hall–Kier alpha value is -2.31. The van der Waals surface area contributed by atoms with E-state index in [9.17, 15) is 13.6 Å². The topological polar surface area (TPSA) is 59.2 Å².